The molecule has 0 saturated heterocycles. The first kappa shape index (κ1) is 13.5. The van der Waals surface area contributed by atoms with Gasteiger partial charge in [0.25, 0.3) is 11.6 Å². The second kappa shape index (κ2) is 5.35. The molecular weight excluding hydrogens is 265 g/mol. The minimum atomic E-state index is -0.887. The fourth-order valence-corrected chi connectivity index (χ4v) is 1.61. The fraction of sp³-hybridized carbons (Fsp3) is 0. The highest BCUT2D eigenvalue weighted by atomic mass is 19.1. The van der Waals surface area contributed by atoms with Crippen LogP contribution >= 0.6 is 0 Å². The number of carbonyl (C=O) groups is 1. The van der Waals surface area contributed by atoms with Gasteiger partial charge in [0.1, 0.15) is 0 Å². The molecule has 0 saturated carbocycles. The number of hydrogen-bond donors (Lipinski definition) is 2. The predicted molar refractivity (Wildman–Crippen MR) is 71.9 cm³/mol. The SMILES string of the molecule is Nc1ccccc1C(=O)Nc1ccc([N+](=O)[O-])cc1F. The lowest BCUT2D eigenvalue weighted by Gasteiger charge is -2.08. The highest BCUT2D eigenvalue weighted by Crippen LogP contribution is 2.21. The van der Waals surface area contributed by atoms with Crippen LogP contribution in [0.2, 0.25) is 0 Å². The maximum Gasteiger partial charge on any atom is 0.272 e. The van der Waals surface area contributed by atoms with Crippen molar-refractivity contribution in [3.8, 4) is 0 Å². The zero-order valence-electron chi connectivity index (χ0n) is 10.2. The second-order valence-corrected chi connectivity index (χ2v) is 3.96. The zero-order chi connectivity index (χ0) is 14.7. The van der Waals surface area contributed by atoms with E-state index in [0.29, 0.717) is 0 Å². The van der Waals surface area contributed by atoms with Gasteiger partial charge in [0.05, 0.1) is 22.2 Å². The van der Waals surface area contributed by atoms with E-state index in [4.69, 9.17) is 5.73 Å². The summed E-state index contributed by atoms with van der Waals surface area (Å²) in [5, 5.41) is 12.8. The van der Waals surface area contributed by atoms with E-state index in [1.165, 1.54) is 6.07 Å². The van der Waals surface area contributed by atoms with Crippen LogP contribution in [0.15, 0.2) is 42.5 Å². The lowest BCUT2D eigenvalue weighted by Crippen LogP contribution is -2.14. The molecule has 2 aromatic carbocycles. The number of nitrogens with zero attached hydrogens (tertiary/aromatic N) is 1. The number of nitrogens with one attached hydrogen (secondary N) is 1. The summed E-state index contributed by atoms with van der Waals surface area (Å²) in [5.74, 6) is -1.47. The molecule has 0 spiro atoms. The van der Waals surface area contributed by atoms with Gasteiger partial charge >= 0.3 is 0 Å². The van der Waals surface area contributed by atoms with Gasteiger partial charge in [-0.1, -0.05) is 12.1 Å². The van der Waals surface area contributed by atoms with Gasteiger partial charge in [0, 0.05) is 11.8 Å². The molecule has 20 heavy (non-hydrogen) atoms. The van der Waals surface area contributed by atoms with E-state index < -0.39 is 16.6 Å². The number of carbonyl (C=O) groups excluding carboxylic acids is 1. The number of nitro benzene ring substituents is 1. The Morgan fingerprint density at radius 3 is 2.55 bits per heavy atom. The lowest BCUT2D eigenvalue weighted by atomic mass is 10.1. The monoisotopic (exact) mass is 275 g/mol. The third kappa shape index (κ3) is 2.72. The van der Waals surface area contributed by atoms with E-state index in [2.05, 4.69) is 5.32 Å². The summed E-state index contributed by atoms with van der Waals surface area (Å²) in [5.41, 5.74) is 5.55. The normalized spacial score (nSPS) is 10.1. The Balaban J connectivity index is 2.25. The van der Waals surface area contributed by atoms with Crippen molar-refractivity contribution in [1.29, 1.82) is 0 Å². The van der Waals surface area contributed by atoms with Gasteiger partial charge in [-0.15, -0.1) is 0 Å². The van der Waals surface area contributed by atoms with Crippen LogP contribution < -0.4 is 11.1 Å². The van der Waals surface area contributed by atoms with Gasteiger partial charge in [0.2, 0.25) is 0 Å². The molecule has 0 radical (unpaired) electrons. The van der Waals surface area contributed by atoms with Crippen molar-refractivity contribution in [3.05, 3.63) is 64.0 Å². The third-order valence-corrected chi connectivity index (χ3v) is 2.62. The van der Waals surface area contributed by atoms with Crippen molar-refractivity contribution >= 4 is 23.0 Å². The second-order valence-electron chi connectivity index (χ2n) is 3.96. The predicted octanol–water partition coefficient (Wildman–Crippen LogP) is 2.57. The minimum Gasteiger partial charge on any atom is -0.398 e. The number of amides is 1. The first-order valence-corrected chi connectivity index (χ1v) is 5.59. The van der Waals surface area contributed by atoms with E-state index in [-0.39, 0.29) is 22.6 Å². The van der Waals surface area contributed by atoms with Crippen molar-refractivity contribution in [1.82, 2.24) is 0 Å². The number of rotatable bonds is 3. The number of nitrogens with two attached hydrogens (primary N) is 1. The lowest BCUT2D eigenvalue weighted by molar-refractivity contribution is -0.385. The number of non-ortho nitro benzene ring substituents is 1. The maximum absolute atomic E-state index is 13.6. The van der Waals surface area contributed by atoms with E-state index >= 15 is 0 Å². The molecule has 0 aliphatic rings. The molecule has 0 heterocycles. The number of nitrogen functional groups attached to an aromatic ring is 1. The van der Waals surface area contributed by atoms with Crippen molar-refractivity contribution in [2.45, 2.75) is 0 Å². The van der Waals surface area contributed by atoms with Crippen molar-refractivity contribution < 1.29 is 14.1 Å². The molecule has 1 amide bonds. The largest absolute Gasteiger partial charge is 0.398 e. The summed E-state index contributed by atoms with van der Waals surface area (Å²) in [4.78, 5) is 21.7. The Labute approximate surface area is 113 Å². The number of anilines is 2. The molecule has 3 N–H and O–H groups in total. The Bertz CT molecular complexity index is 688. The van der Waals surface area contributed by atoms with Gasteiger partial charge in [-0.3, -0.25) is 14.9 Å². The Kier molecular flexibility index (Phi) is 3.60. The number of halogens is 1. The van der Waals surface area contributed by atoms with Crippen molar-refractivity contribution in [2.24, 2.45) is 0 Å². The molecule has 102 valence electrons. The maximum atomic E-state index is 13.6. The number of benzene rings is 2. The molecule has 6 nitrogen and oxygen atoms in total. The van der Waals surface area contributed by atoms with Crippen molar-refractivity contribution in [3.63, 3.8) is 0 Å². The first-order valence-electron chi connectivity index (χ1n) is 5.59. The summed E-state index contributed by atoms with van der Waals surface area (Å²) in [7, 11) is 0. The van der Waals surface area contributed by atoms with Crippen LogP contribution in [0, 0.1) is 15.9 Å². The fourth-order valence-electron chi connectivity index (χ4n) is 1.61. The van der Waals surface area contributed by atoms with Crippen molar-refractivity contribution in [2.75, 3.05) is 11.1 Å². The molecule has 2 rings (SSSR count). The number of hydrogen-bond acceptors (Lipinski definition) is 4. The quantitative estimate of drug-likeness (QED) is 0.511. The van der Waals surface area contributed by atoms with Crippen LogP contribution in [0.1, 0.15) is 10.4 Å². The van der Waals surface area contributed by atoms with Gasteiger partial charge in [-0.25, -0.2) is 4.39 Å². The summed E-state index contributed by atoms with van der Waals surface area (Å²) in [6, 6.07) is 9.30. The van der Waals surface area contributed by atoms with Crippen LogP contribution in [-0.2, 0) is 0 Å². The Morgan fingerprint density at radius 1 is 1.25 bits per heavy atom. The molecule has 0 bridgehead atoms. The molecule has 0 atom stereocenters. The average molecular weight is 275 g/mol. The molecule has 0 aliphatic heterocycles. The van der Waals surface area contributed by atoms with Gasteiger partial charge in [0.15, 0.2) is 5.82 Å². The van der Waals surface area contributed by atoms with Crippen LogP contribution in [0.5, 0.6) is 0 Å². The molecule has 0 unspecified atom stereocenters. The topological polar surface area (TPSA) is 98.3 Å². The Morgan fingerprint density at radius 2 is 1.95 bits per heavy atom. The summed E-state index contributed by atoms with van der Waals surface area (Å²) >= 11 is 0. The van der Waals surface area contributed by atoms with Crippen LogP contribution in [0.25, 0.3) is 0 Å². The van der Waals surface area contributed by atoms with Gasteiger partial charge in [-0.05, 0) is 18.2 Å². The number of nitro groups is 1. The smallest absolute Gasteiger partial charge is 0.272 e. The van der Waals surface area contributed by atoms with Gasteiger partial charge in [-0.2, -0.15) is 0 Å². The average Bonchev–Trinajstić information content (AvgIpc) is 2.41. The zero-order valence-corrected chi connectivity index (χ0v) is 10.2. The summed E-state index contributed by atoms with van der Waals surface area (Å²) in [6.45, 7) is 0. The minimum absolute atomic E-state index is 0.149. The van der Waals surface area contributed by atoms with Gasteiger partial charge < -0.3 is 11.1 Å². The van der Waals surface area contributed by atoms with Crippen LogP contribution in [0.4, 0.5) is 21.5 Å². The highest BCUT2D eigenvalue weighted by molar-refractivity contribution is 6.07. The van der Waals surface area contributed by atoms with Crippen LogP contribution in [0.3, 0.4) is 0 Å². The molecule has 0 aromatic heterocycles. The molecule has 7 heteroatoms. The molecular formula is C13H10FN3O3. The highest BCUT2D eigenvalue weighted by Gasteiger charge is 2.14. The summed E-state index contributed by atoms with van der Waals surface area (Å²) < 4.78 is 13.6. The molecule has 0 fully saturated rings. The van der Waals surface area contributed by atoms with Crippen LogP contribution in [-0.4, -0.2) is 10.8 Å². The molecule has 2 aromatic rings. The Hall–Kier alpha value is -2.96. The molecule has 0 aliphatic carbocycles. The summed E-state index contributed by atoms with van der Waals surface area (Å²) in [6.07, 6.45) is 0. The number of para-hydroxylation sites is 1. The standard InChI is InChI=1S/C13H10FN3O3/c14-10-7-8(17(19)20)5-6-12(10)16-13(18)9-3-1-2-4-11(9)15/h1-7H,15H2,(H,16,18). The first-order chi connectivity index (χ1) is 9.49. The van der Waals surface area contributed by atoms with E-state index in [9.17, 15) is 19.3 Å². The van der Waals surface area contributed by atoms with E-state index in [0.717, 1.165) is 18.2 Å². The van der Waals surface area contributed by atoms with E-state index in [1.54, 1.807) is 18.2 Å². The van der Waals surface area contributed by atoms with E-state index in [1.807, 2.05) is 0 Å². The third-order valence-electron chi connectivity index (χ3n) is 2.62.